The summed E-state index contributed by atoms with van der Waals surface area (Å²) in [5.74, 6) is -0.935. The number of hydrogen-bond donors (Lipinski definition) is 1. The lowest BCUT2D eigenvalue weighted by Crippen LogP contribution is -2.61. The van der Waals surface area contributed by atoms with Crippen LogP contribution in [0.25, 0.3) is 0 Å². The molecule has 0 atom stereocenters. The van der Waals surface area contributed by atoms with Crippen LogP contribution in [-0.4, -0.2) is 29.3 Å². The summed E-state index contributed by atoms with van der Waals surface area (Å²) in [6.07, 6.45) is 1.65. The lowest BCUT2D eigenvalue weighted by molar-refractivity contribution is -0.149. The third kappa shape index (κ3) is 2.00. The summed E-state index contributed by atoms with van der Waals surface area (Å²) in [5, 5.41) is 2.19. The second kappa shape index (κ2) is 4.00. The van der Waals surface area contributed by atoms with Crippen molar-refractivity contribution < 1.29 is 14.4 Å². The predicted molar refractivity (Wildman–Crippen MR) is 53.9 cm³/mol. The smallest absolute Gasteiger partial charge is 0.277 e. The van der Waals surface area contributed by atoms with E-state index >= 15 is 0 Å². The fraction of sp³-hybridized carbons (Fsp3) is 0.700. The van der Waals surface area contributed by atoms with E-state index in [1.807, 2.05) is 6.92 Å². The Labute approximate surface area is 88.8 Å². The number of hydrogen-bond acceptors (Lipinski definition) is 3. The van der Waals surface area contributed by atoms with Gasteiger partial charge in [-0.2, -0.15) is 0 Å². The first-order valence-electron chi connectivity index (χ1n) is 5.08. The van der Waals surface area contributed by atoms with Gasteiger partial charge < -0.3 is 0 Å². The highest BCUT2D eigenvalue weighted by Crippen LogP contribution is 2.23. The highest BCUT2D eigenvalue weighted by atomic mass is 16.2. The van der Waals surface area contributed by atoms with Gasteiger partial charge in [-0.15, -0.1) is 0 Å². The van der Waals surface area contributed by atoms with Gasteiger partial charge in [0.25, 0.3) is 0 Å². The number of rotatable bonds is 3. The van der Waals surface area contributed by atoms with Crippen molar-refractivity contribution in [3.05, 3.63) is 0 Å². The van der Waals surface area contributed by atoms with Crippen molar-refractivity contribution in [3.8, 4) is 0 Å². The van der Waals surface area contributed by atoms with Crippen LogP contribution in [0.15, 0.2) is 0 Å². The quantitative estimate of drug-likeness (QED) is 0.706. The van der Waals surface area contributed by atoms with Gasteiger partial charge >= 0.3 is 6.03 Å². The normalized spacial score (nSPS) is 20.5. The second-order valence-electron chi connectivity index (χ2n) is 4.19. The van der Waals surface area contributed by atoms with E-state index in [9.17, 15) is 14.4 Å². The monoisotopic (exact) mass is 212 g/mol. The van der Waals surface area contributed by atoms with Crippen molar-refractivity contribution in [2.45, 2.75) is 33.6 Å². The fourth-order valence-electron chi connectivity index (χ4n) is 1.37. The average Bonchev–Trinajstić information content (AvgIpc) is 2.16. The van der Waals surface area contributed by atoms with Crippen molar-refractivity contribution in [1.82, 2.24) is 10.2 Å². The Hall–Kier alpha value is -1.39. The van der Waals surface area contributed by atoms with Crippen LogP contribution in [0.5, 0.6) is 0 Å². The van der Waals surface area contributed by atoms with Crippen LogP contribution in [0, 0.1) is 5.41 Å². The van der Waals surface area contributed by atoms with Crippen LogP contribution in [0.3, 0.4) is 0 Å². The molecule has 5 heteroatoms. The highest BCUT2D eigenvalue weighted by molar-refractivity contribution is 6.18. The molecule has 0 aliphatic carbocycles. The number of amides is 4. The van der Waals surface area contributed by atoms with Gasteiger partial charge in [0.1, 0.15) is 5.41 Å². The average molecular weight is 212 g/mol. The summed E-state index contributed by atoms with van der Waals surface area (Å²) >= 11 is 0. The zero-order chi connectivity index (χ0) is 11.6. The van der Waals surface area contributed by atoms with Crippen LogP contribution in [0.4, 0.5) is 4.79 Å². The number of nitrogens with zero attached hydrogens (tertiary/aromatic N) is 1. The molecule has 0 radical (unpaired) electrons. The summed E-state index contributed by atoms with van der Waals surface area (Å²) in [6.45, 7) is 5.40. The van der Waals surface area contributed by atoms with Crippen LogP contribution < -0.4 is 5.32 Å². The topological polar surface area (TPSA) is 66.5 Å². The molecule has 1 aliphatic rings. The van der Waals surface area contributed by atoms with Gasteiger partial charge in [-0.3, -0.25) is 19.8 Å². The number of imide groups is 2. The summed E-state index contributed by atoms with van der Waals surface area (Å²) in [7, 11) is 0. The Balaban J connectivity index is 2.84. The molecule has 0 aromatic carbocycles. The molecule has 84 valence electrons. The van der Waals surface area contributed by atoms with E-state index in [1.54, 1.807) is 0 Å². The SMILES string of the molecule is CCCCN1C(=O)NC(=O)C(C)(C)C1=O. The summed E-state index contributed by atoms with van der Waals surface area (Å²) < 4.78 is 0. The van der Waals surface area contributed by atoms with Crippen molar-refractivity contribution in [3.63, 3.8) is 0 Å². The Kier molecular flexibility index (Phi) is 3.12. The minimum absolute atomic E-state index is 0.373. The predicted octanol–water partition coefficient (Wildman–Crippen LogP) is 0.891. The molecule has 1 N–H and O–H groups in total. The number of barbiturate groups is 1. The molecule has 4 amide bonds. The van der Waals surface area contributed by atoms with E-state index < -0.39 is 23.3 Å². The Morgan fingerprint density at radius 1 is 1.27 bits per heavy atom. The maximum atomic E-state index is 11.8. The third-order valence-corrected chi connectivity index (χ3v) is 2.55. The zero-order valence-corrected chi connectivity index (χ0v) is 9.29. The van der Waals surface area contributed by atoms with E-state index in [1.165, 1.54) is 13.8 Å². The summed E-state index contributed by atoms with van der Waals surface area (Å²) in [5.41, 5.74) is -1.14. The van der Waals surface area contributed by atoms with E-state index in [0.717, 1.165) is 17.7 Å². The molecule has 0 saturated carbocycles. The molecule has 5 nitrogen and oxygen atoms in total. The largest absolute Gasteiger partial charge is 0.330 e. The fourth-order valence-corrected chi connectivity index (χ4v) is 1.37. The molecule has 0 spiro atoms. The molecule has 0 aromatic rings. The molecule has 0 unspecified atom stereocenters. The van der Waals surface area contributed by atoms with Crippen molar-refractivity contribution >= 4 is 17.8 Å². The second-order valence-corrected chi connectivity index (χ2v) is 4.19. The Morgan fingerprint density at radius 2 is 1.87 bits per heavy atom. The molecule has 15 heavy (non-hydrogen) atoms. The van der Waals surface area contributed by atoms with Gasteiger partial charge in [0.15, 0.2) is 0 Å². The first-order chi connectivity index (χ1) is 6.91. The van der Waals surface area contributed by atoms with Gasteiger partial charge in [-0.25, -0.2) is 4.79 Å². The molecule has 0 bridgehead atoms. The number of carbonyl (C=O) groups excluding carboxylic acids is 3. The Bertz CT molecular complexity index is 310. The lowest BCUT2D eigenvalue weighted by atomic mass is 9.89. The van der Waals surface area contributed by atoms with Gasteiger partial charge in [0.05, 0.1) is 0 Å². The minimum atomic E-state index is -1.14. The summed E-state index contributed by atoms with van der Waals surface area (Å²) in [4.78, 5) is 35.7. The van der Waals surface area contributed by atoms with Crippen molar-refractivity contribution in [2.24, 2.45) is 5.41 Å². The van der Waals surface area contributed by atoms with E-state index in [-0.39, 0.29) is 0 Å². The number of urea groups is 1. The van der Waals surface area contributed by atoms with Crippen LogP contribution >= 0.6 is 0 Å². The zero-order valence-electron chi connectivity index (χ0n) is 9.29. The maximum Gasteiger partial charge on any atom is 0.330 e. The standard InChI is InChI=1S/C10H16N2O3/c1-4-5-6-12-8(14)10(2,3)7(13)11-9(12)15/h4-6H2,1-3H3,(H,11,13,15). The van der Waals surface area contributed by atoms with Crippen LogP contribution in [0.1, 0.15) is 33.6 Å². The molecule has 1 saturated heterocycles. The molecular weight excluding hydrogens is 196 g/mol. The molecule has 1 rings (SSSR count). The maximum absolute atomic E-state index is 11.8. The molecule has 1 fully saturated rings. The first kappa shape index (κ1) is 11.7. The first-order valence-corrected chi connectivity index (χ1v) is 5.08. The molecular formula is C10H16N2O3. The van der Waals surface area contributed by atoms with Crippen LogP contribution in [0.2, 0.25) is 0 Å². The van der Waals surface area contributed by atoms with E-state index in [2.05, 4.69) is 5.32 Å². The molecule has 0 aromatic heterocycles. The van der Waals surface area contributed by atoms with Crippen molar-refractivity contribution in [2.75, 3.05) is 6.54 Å². The number of nitrogens with one attached hydrogen (secondary N) is 1. The van der Waals surface area contributed by atoms with Crippen LogP contribution in [-0.2, 0) is 9.59 Å². The Morgan fingerprint density at radius 3 is 2.40 bits per heavy atom. The lowest BCUT2D eigenvalue weighted by Gasteiger charge is -2.34. The van der Waals surface area contributed by atoms with Gasteiger partial charge in [0.2, 0.25) is 11.8 Å². The van der Waals surface area contributed by atoms with E-state index in [4.69, 9.17) is 0 Å². The van der Waals surface area contributed by atoms with Gasteiger partial charge in [-0.05, 0) is 20.3 Å². The summed E-state index contributed by atoms with van der Waals surface area (Å²) in [6, 6.07) is -0.599. The number of carbonyl (C=O) groups is 3. The highest BCUT2D eigenvalue weighted by Gasteiger charge is 2.46. The van der Waals surface area contributed by atoms with Crippen molar-refractivity contribution in [1.29, 1.82) is 0 Å². The van der Waals surface area contributed by atoms with E-state index in [0.29, 0.717) is 6.54 Å². The minimum Gasteiger partial charge on any atom is -0.277 e. The third-order valence-electron chi connectivity index (χ3n) is 2.55. The molecule has 1 heterocycles. The van der Waals surface area contributed by atoms with Gasteiger partial charge in [-0.1, -0.05) is 13.3 Å². The van der Waals surface area contributed by atoms with Gasteiger partial charge in [0, 0.05) is 6.54 Å². The molecule has 1 aliphatic heterocycles. The number of unbranched alkanes of at least 4 members (excludes halogenated alkanes) is 1.